The first-order valence-corrected chi connectivity index (χ1v) is 6.15. The summed E-state index contributed by atoms with van der Waals surface area (Å²) in [5.41, 5.74) is -0.344. The summed E-state index contributed by atoms with van der Waals surface area (Å²) in [5, 5.41) is 12.5. The number of rotatable bonds is 5. The van der Waals surface area contributed by atoms with E-state index in [9.17, 15) is 0 Å². The second-order valence-corrected chi connectivity index (χ2v) is 4.30. The van der Waals surface area contributed by atoms with Crippen molar-refractivity contribution in [1.82, 2.24) is 10.1 Å². The van der Waals surface area contributed by atoms with Gasteiger partial charge in [0.25, 0.3) is 0 Å². The molecular weight excluding hydrogens is 218 g/mol. The molecule has 0 N–H and O–H groups in total. The standard InChI is InChI=1S/C12H17N3O2/c1-2-16-12(7-3-4-8-12)11-14-10(17-15-11)6-5-9-13/h2-8H2,1H3. The van der Waals surface area contributed by atoms with Crippen molar-refractivity contribution in [2.75, 3.05) is 6.61 Å². The van der Waals surface area contributed by atoms with Crippen molar-refractivity contribution in [3.63, 3.8) is 0 Å². The van der Waals surface area contributed by atoms with Crippen LogP contribution in [-0.2, 0) is 16.8 Å². The quantitative estimate of drug-likeness (QED) is 0.783. The molecule has 0 saturated heterocycles. The van der Waals surface area contributed by atoms with Gasteiger partial charge in [0.1, 0.15) is 5.60 Å². The topological polar surface area (TPSA) is 71.9 Å². The second-order valence-electron chi connectivity index (χ2n) is 4.30. The molecular formula is C12H17N3O2. The minimum absolute atomic E-state index is 0.344. The Morgan fingerprint density at radius 1 is 1.47 bits per heavy atom. The van der Waals surface area contributed by atoms with Crippen LogP contribution in [0.5, 0.6) is 0 Å². The third-order valence-corrected chi connectivity index (χ3v) is 3.16. The maximum Gasteiger partial charge on any atom is 0.227 e. The van der Waals surface area contributed by atoms with Crippen molar-refractivity contribution in [3.05, 3.63) is 11.7 Å². The van der Waals surface area contributed by atoms with Crippen LogP contribution in [0.15, 0.2) is 4.52 Å². The van der Waals surface area contributed by atoms with Gasteiger partial charge in [-0.3, -0.25) is 0 Å². The minimum atomic E-state index is -0.344. The van der Waals surface area contributed by atoms with Gasteiger partial charge in [0, 0.05) is 19.4 Å². The van der Waals surface area contributed by atoms with Gasteiger partial charge in [-0.05, 0) is 32.6 Å². The van der Waals surface area contributed by atoms with Crippen molar-refractivity contribution in [2.45, 2.75) is 51.0 Å². The zero-order valence-electron chi connectivity index (χ0n) is 10.1. The maximum absolute atomic E-state index is 8.52. The van der Waals surface area contributed by atoms with E-state index in [1.54, 1.807) is 0 Å². The van der Waals surface area contributed by atoms with Gasteiger partial charge in [0.15, 0.2) is 0 Å². The van der Waals surface area contributed by atoms with Crippen molar-refractivity contribution >= 4 is 0 Å². The highest BCUT2D eigenvalue weighted by Gasteiger charge is 2.40. The Morgan fingerprint density at radius 3 is 2.88 bits per heavy atom. The molecule has 5 nitrogen and oxygen atoms in total. The van der Waals surface area contributed by atoms with Gasteiger partial charge >= 0.3 is 0 Å². The van der Waals surface area contributed by atoms with E-state index in [2.05, 4.69) is 16.2 Å². The van der Waals surface area contributed by atoms with Gasteiger partial charge in [-0.15, -0.1) is 0 Å². The molecule has 1 aliphatic carbocycles. The lowest BCUT2D eigenvalue weighted by Crippen LogP contribution is -2.27. The highest BCUT2D eigenvalue weighted by atomic mass is 16.5. The predicted molar refractivity (Wildman–Crippen MR) is 60.0 cm³/mol. The van der Waals surface area contributed by atoms with E-state index in [-0.39, 0.29) is 5.60 Å². The van der Waals surface area contributed by atoms with Crippen LogP contribution in [0, 0.1) is 11.3 Å². The van der Waals surface area contributed by atoms with Gasteiger partial charge in [-0.2, -0.15) is 10.2 Å². The summed E-state index contributed by atoms with van der Waals surface area (Å²) in [7, 11) is 0. The lowest BCUT2D eigenvalue weighted by atomic mass is 10.0. The highest BCUT2D eigenvalue weighted by molar-refractivity contribution is 5.04. The van der Waals surface area contributed by atoms with Crippen molar-refractivity contribution in [3.8, 4) is 6.07 Å². The minimum Gasteiger partial charge on any atom is -0.367 e. The smallest absolute Gasteiger partial charge is 0.227 e. The number of hydrogen-bond donors (Lipinski definition) is 0. The molecule has 2 rings (SSSR count). The Kier molecular flexibility index (Phi) is 3.75. The summed E-state index contributed by atoms with van der Waals surface area (Å²) in [6.07, 6.45) is 5.12. The maximum atomic E-state index is 8.52. The second kappa shape index (κ2) is 5.28. The van der Waals surface area contributed by atoms with E-state index in [0.29, 0.717) is 31.2 Å². The van der Waals surface area contributed by atoms with Crippen LogP contribution in [0.25, 0.3) is 0 Å². The van der Waals surface area contributed by atoms with Crippen molar-refractivity contribution in [1.29, 1.82) is 5.26 Å². The van der Waals surface area contributed by atoms with Crippen LogP contribution in [0.3, 0.4) is 0 Å². The third kappa shape index (κ3) is 2.47. The van der Waals surface area contributed by atoms with Gasteiger partial charge < -0.3 is 9.26 Å². The number of ether oxygens (including phenoxy) is 1. The van der Waals surface area contributed by atoms with Crippen LogP contribution in [-0.4, -0.2) is 16.7 Å². The molecule has 1 heterocycles. The van der Waals surface area contributed by atoms with Crippen LogP contribution in [0.2, 0.25) is 0 Å². The fourth-order valence-electron chi connectivity index (χ4n) is 2.36. The molecule has 92 valence electrons. The molecule has 0 bridgehead atoms. The van der Waals surface area contributed by atoms with Gasteiger partial charge in [0.05, 0.1) is 6.07 Å². The highest BCUT2D eigenvalue weighted by Crippen LogP contribution is 2.40. The number of nitrogens with zero attached hydrogens (tertiary/aromatic N) is 3. The molecule has 0 amide bonds. The molecule has 1 fully saturated rings. The molecule has 1 saturated carbocycles. The summed E-state index contributed by atoms with van der Waals surface area (Å²) in [6.45, 7) is 2.64. The van der Waals surface area contributed by atoms with E-state index in [1.807, 2.05) is 6.92 Å². The van der Waals surface area contributed by atoms with Gasteiger partial charge in [-0.1, -0.05) is 5.16 Å². The molecule has 1 aliphatic rings. The van der Waals surface area contributed by atoms with Gasteiger partial charge in [0.2, 0.25) is 11.7 Å². The summed E-state index contributed by atoms with van der Waals surface area (Å²) < 4.78 is 11.0. The largest absolute Gasteiger partial charge is 0.367 e. The molecule has 1 aromatic rings. The zero-order chi connectivity index (χ0) is 12.1. The normalized spacial score (nSPS) is 18.1. The van der Waals surface area contributed by atoms with Crippen LogP contribution >= 0.6 is 0 Å². The zero-order valence-corrected chi connectivity index (χ0v) is 10.1. The lowest BCUT2D eigenvalue weighted by Gasteiger charge is -2.24. The Bertz CT molecular complexity index is 402. The summed E-state index contributed by atoms with van der Waals surface area (Å²) in [5.74, 6) is 1.19. The van der Waals surface area contributed by atoms with Crippen LogP contribution in [0.4, 0.5) is 0 Å². The fraction of sp³-hybridized carbons (Fsp3) is 0.750. The van der Waals surface area contributed by atoms with E-state index in [1.165, 1.54) is 0 Å². The SMILES string of the molecule is CCOC1(c2noc(CCC#N)n2)CCCC1. The summed E-state index contributed by atoms with van der Waals surface area (Å²) >= 11 is 0. The number of aryl methyl sites for hydroxylation is 1. The van der Waals surface area contributed by atoms with E-state index in [4.69, 9.17) is 14.5 Å². The molecule has 0 atom stereocenters. The molecule has 0 radical (unpaired) electrons. The summed E-state index contributed by atoms with van der Waals surface area (Å²) in [6, 6.07) is 2.07. The van der Waals surface area contributed by atoms with Crippen molar-refractivity contribution < 1.29 is 9.26 Å². The van der Waals surface area contributed by atoms with E-state index in [0.717, 1.165) is 25.7 Å². The molecule has 0 aromatic carbocycles. The lowest BCUT2D eigenvalue weighted by molar-refractivity contribution is -0.0469. The monoisotopic (exact) mass is 235 g/mol. The predicted octanol–water partition coefficient (Wildman–Crippen LogP) is 2.33. The Labute approximate surface area is 101 Å². The number of nitriles is 1. The Hall–Kier alpha value is -1.41. The van der Waals surface area contributed by atoms with E-state index < -0.39 is 0 Å². The van der Waals surface area contributed by atoms with E-state index >= 15 is 0 Å². The van der Waals surface area contributed by atoms with Crippen molar-refractivity contribution in [2.24, 2.45) is 0 Å². The third-order valence-electron chi connectivity index (χ3n) is 3.16. The first kappa shape index (κ1) is 12.1. The van der Waals surface area contributed by atoms with Crippen LogP contribution < -0.4 is 0 Å². The Balaban J connectivity index is 2.14. The molecule has 1 aromatic heterocycles. The average Bonchev–Trinajstić information content (AvgIpc) is 2.96. The molecule has 0 aliphatic heterocycles. The fourth-order valence-corrected chi connectivity index (χ4v) is 2.36. The Morgan fingerprint density at radius 2 is 2.24 bits per heavy atom. The number of hydrogen-bond acceptors (Lipinski definition) is 5. The first-order valence-electron chi connectivity index (χ1n) is 6.15. The average molecular weight is 235 g/mol. The molecule has 17 heavy (non-hydrogen) atoms. The molecule has 0 spiro atoms. The van der Waals surface area contributed by atoms with Gasteiger partial charge in [-0.25, -0.2) is 0 Å². The molecule has 5 heteroatoms. The number of aromatic nitrogens is 2. The summed E-state index contributed by atoms with van der Waals surface area (Å²) in [4.78, 5) is 4.37. The van der Waals surface area contributed by atoms with Crippen LogP contribution in [0.1, 0.15) is 50.7 Å². The first-order chi connectivity index (χ1) is 8.30. The molecule has 0 unspecified atom stereocenters.